The van der Waals surface area contributed by atoms with Crippen LogP contribution in [0.5, 0.6) is 0 Å². The van der Waals surface area contributed by atoms with Gasteiger partial charge in [0.05, 0.1) is 6.33 Å². The Balaban J connectivity index is 1.95. The molecule has 1 aliphatic rings. The average molecular weight is 263 g/mol. The van der Waals surface area contributed by atoms with Crippen LogP contribution in [0.4, 0.5) is 5.82 Å². The first-order chi connectivity index (χ1) is 9.24. The summed E-state index contributed by atoms with van der Waals surface area (Å²) >= 11 is 0. The lowest BCUT2D eigenvalue weighted by Gasteiger charge is -2.12. The minimum atomic E-state index is 0.103. The fraction of sp³-hybridized carbons (Fsp3) is 0.583. The highest BCUT2D eigenvalue weighted by Crippen LogP contribution is 2.40. The Labute approximate surface area is 110 Å². The summed E-state index contributed by atoms with van der Waals surface area (Å²) in [5, 5.41) is 18.7. The second-order valence-corrected chi connectivity index (χ2v) is 5.09. The van der Waals surface area contributed by atoms with Crippen molar-refractivity contribution in [2.75, 3.05) is 18.9 Å². The number of aromatic nitrogens is 4. The Morgan fingerprint density at radius 3 is 2.47 bits per heavy atom. The highest BCUT2D eigenvalue weighted by molar-refractivity contribution is 5.81. The van der Waals surface area contributed by atoms with Gasteiger partial charge in [-0.05, 0) is 24.7 Å². The minimum absolute atomic E-state index is 0.103. The number of rotatable bonds is 3. The van der Waals surface area contributed by atoms with Crippen molar-refractivity contribution in [2.24, 2.45) is 11.8 Å². The van der Waals surface area contributed by atoms with Gasteiger partial charge in [0.2, 0.25) is 0 Å². The third kappa shape index (κ3) is 1.95. The van der Waals surface area contributed by atoms with Gasteiger partial charge in [-0.3, -0.25) is 0 Å². The maximum absolute atomic E-state index is 9.36. The molecule has 0 aliphatic heterocycles. The van der Waals surface area contributed by atoms with E-state index in [0.717, 1.165) is 12.8 Å². The van der Waals surface area contributed by atoms with E-state index in [0.29, 0.717) is 17.0 Å². The summed E-state index contributed by atoms with van der Waals surface area (Å²) in [5.41, 5.74) is 7.09. The Kier molecular flexibility index (Phi) is 3.08. The molecule has 2 atom stereocenters. The normalized spacial score (nSPS) is 27.2. The van der Waals surface area contributed by atoms with Gasteiger partial charge in [0.15, 0.2) is 11.5 Å². The molecule has 0 saturated heterocycles. The first-order valence-corrected chi connectivity index (χ1v) is 6.39. The molecule has 2 heterocycles. The highest BCUT2D eigenvalue weighted by Gasteiger charge is 2.35. The van der Waals surface area contributed by atoms with Crippen molar-refractivity contribution < 1.29 is 10.2 Å². The number of fused-ring (bicyclic) bond motifs is 1. The summed E-state index contributed by atoms with van der Waals surface area (Å²) in [4.78, 5) is 12.4. The van der Waals surface area contributed by atoms with Crippen LogP contribution in [0.25, 0.3) is 11.2 Å². The van der Waals surface area contributed by atoms with E-state index in [2.05, 4.69) is 15.0 Å². The van der Waals surface area contributed by atoms with Gasteiger partial charge in [-0.25, -0.2) is 15.0 Å². The van der Waals surface area contributed by atoms with Crippen LogP contribution in [0, 0.1) is 11.8 Å². The Bertz CT molecular complexity index is 573. The lowest BCUT2D eigenvalue weighted by atomic mass is 9.98. The van der Waals surface area contributed by atoms with E-state index >= 15 is 0 Å². The molecule has 1 fully saturated rings. The molecule has 4 N–H and O–H groups in total. The second-order valence-electron chi connectivity index (χ2n) is 5.09. The largest absolute Gasteiger partial charge is 0.396 e. The molecule has 0 spiro atoms. The van der Waals surface area contributed by atoms with Crippen LogP contribution >= 0.6 is 0 Å². The van der Waals surface area contributed by atoms with E-state index in [-0.39, 0.29) is 31.1 Å². The van der Waals surface area contributed by atoms with Crippen molar-refractivity contribution in [1.29, 1.82) is 0 Å². The zero-order valence-corrected chi connectivity index (χ0v) is 10.5. The number of nitrogens with two attached hydrogens (primary N) is 1. The van der Waals surface area contributed by atoms with E-state index in [9.17, 15) is 10.2 Å². The average Bonchev–Trinajstić information content (AvgIpc) is 3.02. The molecule has 0 bridgehead atoms. The van der Waals surface area contributed by atoms with Crippen LogP contribution in [0.1, 0.15) is 18.9 Å². The molecule has 1 aliphatic carbocycles. The summed E-state index contributed by atoms with van der Waals surface area (Å²) < 4.78 is 1.98. The summed E-state index contributed by atoms with van der Waals surface area (Å²) in [6, 6.07) is 0.189. The van der Waals surface area contributed by atoms with Crippen molar-refractivity contribution in [2.45, 2.75) is 18.9 Å². The molecular weight excluding hydrogens is 246 g/mol. The van der Waals surface area contributed by atoms with Crippen LogP contribution < -0.4 is 5.73 Å². The van der Waals surface area contributed by atoms with Crippen LogP contribution in [-0.2, 0) is 0 Å². The molecule has 7 heteroatoms. The SMILES string of the molecule is Nc1ncnc2c1ncn2C1CC(CO)C(CO)C1. The fourth-order valence-corrected chi connectivity index (χ4v) is 2.99. The molecule has 0 amide bonds. The van der Waals surface area contributed by atoms with Crippen LogP contribution in [0.2, 0.25) is 0 Å². The molecule has 102 valence electrons. The summed E-state index contributed by atoms with van der Waals surface area (Å²) in [5.74, 6) is 0.637. The summed E-state index contributed by atoms with van der Waals surface area (Å²) in [6.07, 6.45) is 4.78. The Morgan fingerprint density at radius 2 is 1.84 bits per heavy atom. The van der Waals surface area contributed by atoms with Crippen molar-refractivity contribution in [3.63, 3.8) is 0 Å². The number of nitrogens with zero attached hydrogens (tertiary/aromatic N) is 4. The quantitative estimate of drug-likeness (QED) is 0.716. The Hall–Kier alpha value is -1.73. The van der Waals surface area contributed by atoms with Crippen molar-refractivity contribution in [3.8, 4) is 0 Å². The van der Waals surface area contributed by atoms with E-state index in [1.165, 1.54) is 6.33 Å². The third-order valence-corrected chi connectivity index (χ3v) is 4.07. The van der Waals surface area contributed by atoms with Gasteiger partial charge in [0, 0.05) is 19.3 Å². The van der Waals surface area contributed by atoms with Gasteiger partial charge < -0.3 is 20.5 Å². The van der Waals surface area contributed by atoms with Crippen LogP contribution in [-0.4, -0.2) is 42.9 Å². The predicted molar refractivity (Wildman–Crippen MR) is 69.2 cm³/mol. The number of aliphatic hydroxyl groups is 2. The van der Waals surface area contributed by atoms with Gasteiger partial charge in [0.1, 0.15) is 11.8 Å². The fourth-order valence-electron chi connectivity index (χ4n) is 2.99. The topological polar surface area (TPSA) is 110 Å². The molecule has 3 rings (SSSR count). The second kappa shape index (κ2) is 4.75. The maximum atomic E-state index is 9.36. The van der Waals surface area contributed by atoms with Gasteiger partial charge in [-0.1, -0.05) is 0 Å². The molecule has 2 aromatic heterocycles. The van der Waals surface area contributed by atoms with E-state index < -0.39 is 0 Å². The first-order valence-electron chi connectivity index (χ1n) is 6.39. The van der Waals surface area contributed by atoms with Crippen LogP contribution in [0.3, 0.4) is 0 Å². The number of imidazole rings is 1. The van der Waals surface area contributed by atoms with Gasteiger partial charge in [-0.15, -0.1) is 0 Å². The van der Waals surface area contributed by atoms with Crippen LogP contribution in [0.15, 0.2) is 12.7 Å². The van der Waals surface area contributed by atoms with E-state index in [1.54, 1.807) is 6.33 Å². The van der Waals surface area contributed by atoms with Crippen molar-refractivity contribution in [3.05, 3.63) is 12.7 Å². The van der Waals surface area contributed by atoms with E-state index in [1.807, 2.05) is 4.57 Å². The first kappa shape index (κ1) is 12.3. The lowest BCUT2D eigenvalue weighted by Crippen LogP contribution is -2.15. The van der Waals surface area contributed by atoms with Crippen molar-refractivity contribution >= 4 is 17.0 Å². The highest BCUT2D eigenvalue weighted by atomic mass is 16.3. The summed E-state index contributed by atoms with van der Waals surface area (Å²) in [6.45, 7) is 0.205. The zero-order chi connectivity index (χ0) is 13.4. The smallest absolute Gasteiger partial charge is 0.165 e. The molecule has 2 unspecified atom stereocenters. The van der Waals surface area contributed by atoms with Crippen molar-refractivity contribution in [1.82, 2.24) is 19.5 Å². The molecule has 2 aromatic rings. The molecule has 7 nitrogen and oxygen atoms in total. The maximum Gasteiger partial charge on any atom is 0.165 e. The van der Waals surface area contributed by atoms with Gasteiger partial charge in [0.25, 0.3) is 0 Å². The number of hydrogen-bond donors (Lipinski definition) is 3. The zero-order valence-electron chi connectivity index (χ0n) is 10.5. The molecule has 0 radical (unpaired) electrons. The minimum Gasteiger partial charge on any atom is -0.396 e. The monoisotopic (exact) mass is 263 g/mol. The van der Waals surface area contributed by atoms with Gasteiger partial charge in [-0.2, -0.15) is 0 Å². The molecule has 1 saturated carbocycles. The van der Waals surface area contributed by atoms with Gasteiger partial charge >= 0.3 is 0 Å². The molecule has 0 aromatic carbocycles. The number of nitrogen functional groups attached to an aromatic ring is 1. The molecule has 19 heavy (non-hydrogen) atoms. The number of hydrogen-bond acceptors (Lipinski definition) is 6. The number of anilines is 1. The Morgan fingerprint density at radius 1 is 1.16 bits per heavy atom. The predicted octanol–water partition coefficient (Wildman–Crippen LogP) is -0.0396. The third-order valence-electron chi connectivity index (χ3n) is 4.07. The summed E-state index contributed by atoms with van der Waals surface area (Å²) in [7, 11) is 0. The lowest BCUT2D eigenvalue weighted by molar-refractivity contribution is 0.141. The van der Waals surface area contributed by atoms with E-state index in [4.69, 9.17) is 5.73 Å². The standard InChI is InChI=1S/C12H17N5O2/c13-11-10-12(15-5-14-11)17(6-16-10)9-1-7(3-18)8(2-9)4-19/h5-9,18-19H,1-4H2,(H2,13,14,15). The number of aliphatic hydroxyl groups excluding tert-OH is 2. The molecular formula is C12H17N5O2.